The quantitative estimate of drug-likeness (QED) is 0.0215. The van der Waals surface area contributed by atoms with Crippen molar-refractivity contribution in [3.63, 3.8) is 0 Å². The van der Waals surface area contributed by atoms with Gasteiger partial charge in [-0.25, -0.2) is 0 Å². The molecule has 0 radical (unpaired) electrons. The van der Waals surface area contributed by atoms with Crippen molar-refractivity contribution >= 4 is 53.7 Å². The second-order valence-electron chi connectivity index (χ2n) is 24.8. The molecule has 0 rings (SSSR count). The zero-order valence-electron chi connectivity index (χ0n) is 49.4. The lowest BCUT2D eigenvalue weighted by Gasteiger charge is -2.40. The molecule has 0 heterocycles. The molecular formula is C53H90O29. The molecule has 0 spiro atoms. The first-order chi connectivity index (χ1) is 37.6. The number of carbonyl (C=O) groups is 9. The van der Waals surface area contributed by atoms with E-state index in [0.29, 0.717) is 0 Å². The molecule has 0 fully saturated rings. The third-order valence-electron chi connectivity index (χ3n) is 14.8. The molecule has 0 bridgehead atoms. The van der Waals surface area contributed by atoms with Gasteiger partial charge >= 0.3 is 53.7 Å². The summed E-state index contributed by atoms with van der Waals surface area (Å²) in [5, 5.41) is 109. The van der Waals surface area contributed by atoms with Crippen molar-refractivity contribution < 1.29 is 142 Å². The van der Waals surface area contributed by atoms with Crippen molar-refractivity contribution in [2.24, 2.45) is 59.6 Å². The van der Waals surface area contributed by atoms with Gasteiger partial charge in [-0.15, -0.1) is 0 Å². The van der Waals surface area contributed by atoms with Crippen molar-refractivity contribution in [2.75, 3.05) is 132 Å². The summed E-state index contributed by atoms with van der Waals surface area (Å²) in [5.41, 5.74) is -20.2. The molecule has 0 aromatic rings. The standard InChI is InChI=1S/C53H90O29/c1-43(2,3)53(13,24-64)33-82-42(73)52(12,31-80-38(69)48(8,22-62)25-74-40(71)50(10,27-76-34(65)44(4,14-54)15-55)28-77-35(66)45(5,16-56)17-57)32-81-39(70)49(9,23-63)26-75-41(72)51(11,29-78-36(67)46(6,18-58)19-59)30-79-37(68)47(7,20-60)21-61/h54-64H,14-33H2,1-13H3. The Morgan fingerprint density at radius 1 is 0.207 bits per heavy atom. The Hall–Kier alpha value is -5.21. The van der Waals surface area contributed by atoms with Gasteiger partial charge in [-0.3, -0.25) is 43.2 Å². The van der Waals surface area contributed by atoms with Gasteiger partial charge in [0.2, 0.25) is 0 Å². The molecule has 0 amide bonds. The molecular weight excluding hydrogens is 1100 g/mol. The monoisotopic (exact) mass is 1190 g/mol. The van der Waals surface area contributed by atoms with Crippen LogP contribution in [0.4, 0.5) is 0 Å². The highest BCUT2D eigenvalue weighted by molar-refractivity contribution is 5.84. The molecule has 11 N–H and O–H groups in total. The minimum atomic E-state index is -2.21. The molecule has 0 aliphatic rings. The Morgan fingerprint density at radius 3 is 0.488 bits per heavy atom. The summed E-state index contributed by atoms with van der Waals surface area (Å²) in [6.07, 6.45) is 0. The molecule has 476 valence electrons. The fourth-order valence-electron chi connectivity index (χ4n) is 5.62. The molecule has 29 nitrogen and oxygen atoms in total. The van der Waals surface area contributed by atoms with Crippen LogP contribution in [-0.2, 0) is 85.8 Å². The molecule has 3 unspecified atom stereocenters. The Kier molecular flexibility index (Phi) is 29.1. The number of carbonyl (C=O) groups excluding carboxylic acids is 9. The van der Waals surface area contributed by atoms with E-state index in [1.54, 1.807) is 27.7 Å². The summed E-state index contributed by atoms with van der Waals surface area (Å²) < 4.78 is 48.3. The molecule has 82 heavy (non-hydrogen) atoms. The van der Waals surface area contributed by atoms with Gasteiger partial charge in [0.1, 0.15) is 102 Å². The number of ether oxygens (including phenoxy) is 9. The van der Waals surface area contributed by atoms with Crippen LogP contribution in [0.15, 0.2) is 0 Å². The van der Waals surface area contributed by atoms with E-state index in [9.17, 15) is 99.3 Å². The average Bonchev–Trinajstić information content (AvgIpc) is 3.49. The molecule has 0 aliphatic carbocycles. The number of rotatable bonds is 38. The number of aliphatic hydroxyl groups is 11. The predicted octanol–water partition coefficient (Wildman–Crippen LogP) is -3.10. The highest BCUT2D eigenvalue weighted by Crippen LogP contribution is 2.39. The smallest absolute Gasteiger partial charge is 0.318 e. The summed E-state index contributed by atoms with van der Waals surface area (Å²) in [6.45, 7) is -1.51. The molecule has 3 atom stereocenters. The van der Waals surface area contributed by atoms with E-state index in [2.05, 4.69) is 0 Å². The summed E-state index contributed by atoms with van der Waals surface area (Å²) in [4.78, 5) is 121. The maximum absolute atomic E-state index is 14.1. The Bertz CT molecular complexity index is 1960. The average molecular weight is 1190 g/mol. The summed E-state index contributed by atoms with van der Waals surface area (Å²) in [5.74, 6) is -11.4. The third-order valence-corrected chi connectivity index (χ3v) is 14.8. The molecule has 0 saturated heterocycles. The normalized spacial score (nSPS) is 15.7. The van der Waals surface area contributed by atoms with Crippen LogP contribution in [0.25, 0.3) is 0 Å². The van der Waals surface area contributed by atoms with Gasteiger partial charge in [-0.1, -0.05) is 27.7 Å². The summed E-state index contributed by atoms with van der Waals surface area (Å²) in [7, 11) is 0. The van der Waals surface area contributed by atoms with E-state index >= 15 is 0 Å². The molecule has 0 saturated carbocycles. The SMILES string of the molecule is CC(CO)(CO)C(=O)OCC(C)(COC(=O)C(C)(CO)CO)C(=O)OCC(C)(CO)C(=O)OCC(C)(COC(=O)C(C)(CO)COC(=O)C(C)(COC(=O)C(C)(CO)CO)COC(=O)C(C)(CO)CO)C(=O)OCC(C)(CO)C(C)(C)C. The second-order valence-corrected chi connectivity index (χ2v) is 24.8. The first-order valence-corrected chi connectivity index (χ1v) is 25.8. The minimum absolute atomic E-state index is 0.457. The largest absolute Gasteiger partial charge is 0.464 e. The van der Waals surface area contributed by atoms with Gasteiger partial charge in [0.25, 0.3) is 0 Å². The first kappa shape index (κ1) is 76.8. The maximum Gasteiger partial charge on any atom is 0.318 e. The second kappa shape index (κ2) is 31.1. The van der Waals surface area contributed by atoms with E-state index in [4.69, 9.17) is 42.6 Å². The van der Waals surface area contributed by atoms with E-state index in [1.807, 2.05) is 0 Å². The molecule has 29 heteroatoms. The van der Waals surface area contributed by atoms with Crippen LogP contribution in [0.3, 0.4) is 0 Å². The Balaban J connectivity index is 7.01. The van der Waals surface area contributed by atoms with Gasteiger partial charge in [-0.05, 0) is 67.7 Å². The van der Waals surface area contributed by atoms with Crippen LogP contribution in [-0.4, -0.2) is 242 Å². The lowest BCUT2D eigenvalue weighted by molar-refractivity contribution is -0.185. The predicted molar refractivity (Wildman–Crippen MR) is 277 cm³/mol. The lowest BCUT2D eigenvalue weighted by atomic mass is 9.69. The van der Waals surface area contributed by atoms with E-state index in [-0.39, 0.29) is 0 Å². The Morgan fingerprint density at radius 2 is 0.341 bits per heavy atom. The van der Waals surface area contributed by atoms with Crippen molar-refractivity contribution in [1.82, 2.24) is 0 Å². The number of hydrogen-bond acceptors (Lipinski definition) is 29. The van der Waals surface area contributed by atoms with Crippen molar-refractivity contribution in [3.05, 3.63) is 0 Å². The topological polar surface area (TPSA) is 459 Å². The van der Waals surface area contributed by atoms with Crippen LogP contribution in [0, 0.1) is 59.6 Å². The molecule has 0 aliphatic heterocycles. The number of aliphatic hydroxyl groups excluding tert-OH is 11. The van der Waals surface area contributed by atoms with Crippen LogP contribution < -0.4 is 0 Å². The van der Waals surface area contributed by atoms with E-state index in [1.165, 1.54) is 0 Å². The highest BCUT2D eigenvalue weighted by Gasteiger charge is 2.50. The summed E-state index contributed by atoms with van der Waals surface area (Å²) >= 11 is 0. The maximum atomic E-state index is 14.1. The van der Waals surface area contributed by atoms with Gasteiger partial charge < -0.3 is 98.8 Å². The molecule has 0 aromatic carbocycles. The minimum Gasteiger partial charge on any atom is -0.464 e. The molecule has 0 aromatic heterocycles. The summed E-state index contributed by atoms with van der Waals surface area (Å²) in [6, 6.07) is 0. The zero-order valence-corrected chi connectivity index (χ0v) is 49.4. The third kappa shape index (κ3) is 19.4. The number of esters is 9. The van der Waals surface area contributed by atoms with E-state index < -0.39 is 245 Å². The number of hydrogen-bond donors (Lipinski definition) is 11. The van der Waals surface area contributed by atoms with Crippen molar-refractivity contribution in [2.45, 2.75) is 90.0 Å². The zero-order chi connectivity index (χ0) is 64.2. The fourth-order valence-corrected chi connectivity index (χ4v) is 5.62. The Labute approximate surface area is 476 Å². The van der Waals surface area contributed by atoms with Gasteiger partial charge in [0.15, 0.2) is 0 Å². The van der Waals surface area contributed by atoms with Crippen LogP contribution in [0.2, 0.25) is 0 Å². The lowest BCUT2D eigenvalue weighted by Crippen LogP contribution is -2.49. The van der Waals surface area contributed by atoms with Gasteiger partial charge in [-0.2, -0.15) is 0 Å². The van der Waals surface area contributed by atoms with Gasteiger partial charge in [0.05, 0.1) is 79.3 Å². The van der Waals surface area contributed by atoms with Crippen molar-refractivity contribution in [3.8, 4) is 0 Å². The highest BCUT2D eigenvalue weighted by atomic mass is 16.6. The van der Waals surface area contributed by atoms with Gasteiger partial charge in [0, 0.05) is 5.41 Å². The van der Waals surface area contributed by atoms with Crippen molar-refractivity contribution in [1.29, 1.82) is 0 Å². The van der Waals surface area contributed by atoms with Crippen LogP contribution in [0.5, 0.6) is 0 Å². The first-order valence-electron chi connectivity index (χ1n) is 25.8. The van der Waals surface area contributed by atoms with E-state index in [0.717, 1.165) is 62.3 Å². The fraction of sp³-hybridized carbons (Fsp3) is 0.830. The van der Waals surface area contributed by atoms with Crippen LogP contribution >= 0.6 is 0 Å². The van der Waals surface area contributed by atoms with Crippen LogP contribution in [0.1, 0.15) is 90.0 Å².